The lowest BCUT2D eigenvalue weighted by molar-refractivity contribution is -0.118. The third-order valence-corrected chi connectivity index (χ3v) is 6.56. The van der Waals surface area contributed by atoms with Gasteiger partial charge < -0.3 is 14.8 Å². The van der Waals surface area contributed by atoms with Gasteiger partial charge in [-0.05, 0) is 67.7 Å². The molecule has 1 N–H and O–H groups in total. The van der Waals surface area contributed by atoms with Gasteiger partial charge in [0, 0.05) is 4.88 Å². The van der Waals surface area contributed by atoms with Crippen LogP contribution in [-0.4, -0.2) is 25.1 Å². The Labute approximate surface area is 182 Å². The highest BCUT2D eigenvalue weighted by Gasteiger charge is 2.29. The molecule has 5 nitrogen and oxygen atoms in total. The first-order chi connectivity index (χ1) is 14.3. The van der Waals surface area contributed by atoms with Crippen LogP contribution in [-0.2, 0) is 22.4 Å². The van der Waals surface area contributed by atoms with Gasteiger partial charge in [0.2, 0.25) is 0 Å². The zero-order valence-corrected chi connectivity index (χ0v) is 19.3. The second-order valence-electron chi connectivity index (χ2n) is 8.31. The van der Waals surface area contributed by atoms with Gasteiger partial charge in [-0.1, -0.05) is 32.9 Å². The van der Waals surface area contributed by atoms with Crippen molar-refractivity contribution in [2.45, 2.75) is 59.8 Å². The summed E-state index contributed by atoms with van der Waals surface area (Å²) in [5.41, 5.74) is 3.71. The third kappa shape index (κ3) is 5.04. The Morgan fingerprint density at radius 3 is 2.77 bits per heavy atom. The molecule has 6 heteroatoms. The van der Waals surface area contributed by atoms with Crippen LogP contribution in [0.15, 0.2) is 18.2 Å². The van der Waals surface area contributed by atoms with E-state index in [1.54, 1.807) is 6.92 Å². The molecule has 0 radical (unpaired) electrons. The molecule has 3 rings (SSSR count). The molecular weight excluding hydrogens is 398 g/mol. The van der Waals surface area contributed by atoms with Crippen LogP contribution in [0.1, 0.15) is 72.0 Å². The van der Waals surface area contributed by atoms with Crippen LogP contribution in [0.3, 0.4) is 0 Å². The summed E-state index contributed by atoms with van der Waals surface area (Å²) in [6.45, 7) is 10.4. The molecule has 1 aromatic carbocycles. The van der Waals surface area contributed by atoms with E-state index in [2.05, 4.69) is 26.1 Å². The van der Waals surface area contributed by atoms with E-state index in [-0.39, 0.29) is 18.5 Å². The first kappa shape index (κ1) is 22.3. The van der Waals surface area contributed by atoms with Crippen molar-refractivity contribution in [3.8, 4) is 5.75 Å². The van der Waals surface area contributed by atoms with Crippen molar-refractivity contribution in [2.24, 2.45) is 5.92 Å². The number of thiophene rings is 1. The lowest BCUT2D eigenvalue weighted by atomic mass is 9.88. The molecule has 0 spiro atoms. The van der Waals surface area contributed by atoms with Gasteiger partial charge in [0.05, 0.1) is 12.2 Å². The summed E-state index contributed by atoms with van der Waals surface area (Å²) >= 11 is 1.49. The molecule has 0 saturated heterocycles. The molecule has 162 valence electrons. The van der Waals surface area contributed by atoms with Crippen LogP contribution in [0.5, 0.6) is 5.75 Å². The van der Waals surface area contributed by atoms with Gasteiger partial charge in [-0.3, -0.25) is 4.79 Å². The highest BCUT2D eigenvalue weighted by Crippen LogP contribution is 2.40. The van der Waals surface area contributed by atoms with Crippen molar-refractivity contribution < 1.29 is 19.1 Å². The molecule has 0 fully saturated rings. The Bertz CT molecular complexity index is 932. The van der Waals surface area contributed by atoms with Crippen molar-refractivity contribution in [2.75, 3.05) is 18.5 Å². The van der Waals surface area contributed by atoms with Crippen LogP contribution in [0.2, 0.25) is 0 Å². The van der Waals surface area contributed by atoms with Gasteiger partial charge in [0.25, 0.3) is 5.91 Å². The molecule has 1 aromatic heterocycles. The van der Waals surface area contributed by atoms with Gasteiger partial charge in [-0.15, -0.1) is 11.3 Å². The average molecular weight is 430 g/mol. The standard InChI is InChI=1S/C24H31NO4S/c1-6-28-24(27)22-18-10-8-16(5)12-20(18)30-23(22)25-21(26)13-29-19-11-15(4)7-9-17(19)14(2)3/h7,9,11,14,16H,6,8,10,12-13H2,1-5H3,(H,25,26)/t16-/m0/s1. The molecule has 0 aliphatic heterocycles. The van der Waals surface area contributed by atoms with E-state index in [9.17, 15) is 9.59 Å². The fraction of sp³-hybridized carbons (Fsp3) is 0.500. The molecular formula is C24H31NO4S. The highest BCUT2D eigenvalue weighted by molar-refractivity contribution is 7.17. The Balaban J connectivity index is 1.77. The molecule has 1 aliphatic rings. The first-order valence-electron chi connectivity index (χ1n) is 10.6. The van der Waals surface area contributed by atoms with E-state index in [1.165, 1.54) is 16.2 Å². The lowest BCUT2D eigenvalue weighted by Crippen LogP contribution is -2.22. The minimum atomic E-state index is -0.360. The number of amides is 1. The number of carbonyl (C=O) groups excluding carboxylic acids is 2. The van der Waals surface area contributed by atoms with Crippen LogP contribution in [0.4, 0.5) is 5.00 Å². The van der Waals surface area contributed by atoms with Crippen molar-refractivity contribution in [3.63, 3.8) is 0 Å². The average Bonchev–Trinajstić information content (AvgIpc) is 3.03. The molecule has 1 heterocycles. The smallest absolute Gasteiger partial charge is 0.341 e. The minimum absolute atomic E-state index is 0.107. The van der Waals surface area contributed by atoms with E-state index in [0.717, 1.165) is 41.7 Å². The van der Waals surface area contributed by atoms with Gasteiger partial charge in [0.15, 0.2) is 6.61 Å². The second-order valence-corrected chi connectivity index (χ2v) is 9.41. The number of ether oxygens (including phenoxy) is 2. The van der Waals surface area contributed by atoms with Crippen molar-refractivity contribution in [1.29, 1.82) is 0 Å². The molecule has 1 amide bonds. The van der Waals surface area contributed by atoms with Crippen LogP contribution < -0.4 is 10.1 Å². The number of fused-ring (bicyclic) bond motifs is 1. The zero-order valence-electron chi connectivity index (χ0n) is 18.5. The number of esters is 1. The normalized spacial score (nSPS) is 15.6. The Kier molecular flexibility index (Phi) is 7.19. The predicted molar refractivity (Wildman–Crippen MR) is 121 cm³/mol. The molecule has 30 heavy (non-hydrogen) atoms. The fourth-order valence-electron chi connectivity index (χ4n) is 3.81. The summed E-state index contributed by atoms with van der Waals surface area (Å²) in [6.07, 6.45) is 2.81. The van der Waals surface area contributed by atoms with Crippen LogP contribution in [0, 0.1) is 12.8 Å². The second kappa shape index (κ2) is 9.65. The summed E-state index contributed by atoms with van der Waals surface area (Å²) in [7, 11) is 0. The van der Waals surface area contributed by atoms with Gasteiger partial charge in [-0.2, -0.15) is 0 Å². The number of rotatable bonds is 7. The van der Waals surface area contributed by atoms with E-state index in [0.29, 0.717) is 29.0 Å². The Morgan fingerprint density at radius 1 is 1.30 bits per heavy atom. The summed E-state index contributed by atoms with van der Waals surface area (Å²) in [4.78, 5) is 26.5. The van der Waals surface area contributed by atoms with E-state index < -0.39 is 0 Å². The number of nitrogens with one attached hydrogen (secondary N) is 1. The SMILES string of the molecule is CCOC(=O)c1c(NC(=O)COc2cc(C)ccc2C(C)C)sc2c1CC[C@H](C)C2. The summed E-state index contributed by atoms with van der Waals surface area (Å²) in [5.74, 6) is 0.967. The number of carbonyl (C=O) groups is 2. The monoisotopic (exact) mass is 429 g/mol. The van der Waals surface area contributed by atoms with Crippen molar-refractivity contribution in [3.05, 3.63) is 45.3 Å². The summed E-state index contributed by atoms with van der Waals surface area (Å²) in [6, 6.07) is 6.05. The van der Waals surface area contributed by atoms with Gasteiger partial charge >= 0.3 is 5.97 Å². The minimum Gasteiger partial charge on any atom is -0.483 e. The quantitative estimate of drug-likeness (QED) is 0.590. The summed E-state index contributed by atoms with van der Waals surface area (Å²) < 4.78 is 11.1. The van der Waals surface area contributed by atoms with Crippen LogP contribution in [0.25, 0.3) is 0 Å². The predicted octanol–water partition coefficient (Wildman–Crippen LogP) is 5.50. The molecule has 1 atom stereocenters. The maximum absolute atomic E-state index is 12.7. The first-order valence-corrected chi connectivity index (χ1v) is 11.5. The third-order valence-electron chi connectivity index (χ3n) is 5.39. The van der Waals surface area contributed by atoms with E-state index >= 15 is 0 Å². The largest absolute Gasteiger partial charge is 0.483 e. The van der Waals surface area contributed by atoms with Crippen molar-refractivity contribution in [1.82, 2.24) is 0 Å². The number of hydrogen-bond donors (Lipinski definition) is 1. The van der Waals surface area contributed by atoms with Crippen molar-refractivity contribution >= 4 is 28.2 Å². The topological polar surface area (TPSA) is 64.6 Å². The maximum Gasteiger partial charge on any atom is 0.341 e. The van der Waals surface area contributed by atoms with Gasteiger partial charge in [-0.25, -0.2) is 4.79 Å². The zero-order chi connectivity index (χ0) is 21.8. The summed E-state index contributed by atoms with van der Waals surface area (Å²) in [5, 5.41) is 3.49. The number of anilines is 1. The number of benzene rings is 1. The number of aryl methyl sites for hydroxylation is 1. The van der Waals surface area contributed by atoms with Crippen LogP contribution >= 0.6 is 11.3 Å². The van der Waals surface area contributed by atoms with Gasteiger partial charge in [0.1, 0.15) is 10.8 Å². The highest BCUT2D eigenvalue weighted by atomic mass is 32.1. The maximum atomic E-state index is 12.7. The number of hydrogen-bond acceptors (Lipinski definition) is 5. The molecule has 0 bridgehead atoms. The molecule has 1 aliphatic carbocycles. The molecule has 2 aromatic rings. The van der Waals surface area contributed by atoms with E-state index in [1.807, 2.05) is 25.1 Å². The molecule has 0 unspecified atom stereocenters. The lowest BCUT2D eigenvalue weighted by Gasteiger charge is -2.18. The Morgan fingerprint density at radius 2 is 2.07 bits per heavy atom. The molecule has 0 saturated carbocycles. The Hall–Kier alpha value is -2.34. The van der Waals surface area contributed by atoms with E-state index in [4.69, 9.17) is 9.47 Å². The fourth-order valence-corrected chi connectivity index (χ4v) is 5.22.